The summed E-state index contributed by atoms with van der Waals surface area (Å²) >= 11 is 0. The van der Waals surface area contributed by atoms with Crippen LogP contribution in [0, 0.1) is 11.8 Å². The van der Waals surface area contributed by atoms with Crippen LogP contribution in [0.15, 0.2) is 30.3 Å². The highest BCUT2D eigenvalue weighted by molar-refractivity contribution is 5.14. The summed E-state index contributed by atoms with van der Waals surface area (Å²) in [5.74, 6) is 1.26. The van der Waals surface area contributed by atoms with Crippen molar-refractivity contribution < 1.29 is 9.47 Å². The second-order valence-corrected chi connectivity index (χ2v) is 6.40. The molecule has 0 bridgehead atoms. The summed E-state index contributed by atoms with van der Waals surface area (Å²) in [7, 11) is 0. The third kappa shape index (κ3) is 3.37. The molecule has 0 radical (unpaired) electrons. The Bertz CT molecular complexity index is 413. The van der Waals surface area contributed by atoms with E-state index in [9.17, 15) is 0 Å². The molecule has 0 amide bonds. The maximum Gasteiger partial charge on any atom is 0.163 e. The summed E-state index contributed by atoms with van der Waals surface area (Å²) < 4.78 is 11.6. The Morgan fingerprint density at radius 3 is 2.68 bits per heavy atom. The Morgan fingerprint density at radius 1 is 1.21 bits per heavy atom. The van der Waals surface area contributed by atoms with Crippen molar-refractivity contribution in [2.75, 3.05) is 6.61 Å². The van der Waals surface area contributed by atoms with Crippen LogP contribution in [0.3, 0.4) is 0 Å². The van der Waals surface area contributed by atoms with Crippen LogP contribution in [0.5, 0.6) is 0 Å². The Hall–Kier alpha value is -0.860. The molecule has 0 unspecified atom stereocenters. The molecule has 2 nitrogen and oxygen atoms in total. The van der Waals surface area contributed by atoms with Crippen LogP contribution in [-0.4, -0.2) is 18.5 Å². The van der Waals surface area contributed by atoms with E-state index in [0.717, 1.165) is 18.4 Å². The lowest BCUT2D eigenvalue weighted by Crippen LogP contribution is -2.22. The minimum absolute atomic E-state index is 0.344. The van der Waals surface area contributed by atoms with Gasteiger partial charge < -0.3 is 9.47 Å². The van der Waals surface area contributed by atoms with E-state index in [0.29, 0.717) is 6.10 Å². The molecular formula is C17H24O2. The first-order chi connectivity index (χ1) is 9.14. The van der Waals surface area contributed by atoms with E-state index >= 15 is 0 Å². The summed E-state index contributed by atoms with van der Waals surface area (Å²) in [4.78, 5) is 0. The Kier molecular flexibility index (Phi) is 3.64. The van der Waals surface area contributed by atoms with Gasteiger partial charge in [-0.3, -0.25) is 0 Å². The van der Waals surface area contributed by atoms with Gasteiger partial charge in [0, 0.05) is 0 Å². The third-order valence-corrected chi connectivity index (χ3v) is 4.37. The van der Waals surface area contributed by atoms with Gasteiger partial charge in [-0.15, -0.1) is 0 Å². The molecule has 2 aliphatic rings. The topological polar surface area (TPSA) is 18.5 Å². The second kappa shape index (κ2) is 5.26. The first-order valence-corrected chi connectivity index (χ1v) is 7.50. The lowest BCUT2D eigenvalue weighted by Gasteiger charge is -2.17. The molecule has 1 aliphatic heterocycles. The van der Waals surface area contributed by atoms with Crippen LogP contribution in [0.25, 0.3) is 0 Å². The summed E-state index contributed by atoms with van der Waals surface area (Å²) in [5.41, 5.74) is 1.46. The minimum atomic E-state index is -0.359. The highest BCUT2D eigenvalue weighted by atomic mass is 16.7. The molecule has 104 valence electrons. The molecule has 1 aliphatic carbocycles. The van der Waals surface area contributed by atoms with E-state index in [2.05, 4.69) is 30.3 Å². The van der Waals surface area contributed by atoms with E-state index in [1.807, 2.05) is 13.8 Å². The fraction of sp³-hybridized carbons (Fsp3) is 0.647. The number of ether oxygens (including phenoxy) is 2. The predicted molar refractivity (Wildman–Crippen MR) is 75.9 cm³/mol. The quantitative estimate of drug-likeness (QED) is 0.801. The fourth-order valence-electron chi connectivity index (χ4n) is 3.20. The van der Waals surface area contributed by atoms with Crippen LogP contribution in [0.1, 0.15) is 38.7 Å². The van der Waals surface area contributed by atoms with Gasteiger partial charge in [0.15, 0.2) is 5.79 Å². The monoisotopic (exact) mass is 260 g/mol. The summed E-state index contributed by atoms with van der Waals surface area (Å²) in [5, 5.41) is 0. The molecule has 0 spiro atoms. The maximum atomic E-state index is 5.95. The highest BCUT2D eigenvalue weighted by Crippen LogP contribution is 2.48. The van der Waals surface area contributed by atoms with E-state index in [1.165, 1.54) is 31.2 Å². The normalized spacial score (nSPS) is 32.4. The second-order valence-electron chi connectivity index (χ2n) is 6.40. The van der Waals surface area contributed by atoms with Crippen molar-refractivity contribution in [2.24, 2.45) is 11.8 Å². The average molecular weight is 260 g/mol. The maximum absolute atomic E-state index is 5.95. The highest BCUT2D eigenvalue weighted by Gasteiger charge is 2.48. The van der Waals surface area contributed by atoms with E-state index in [-0.39, 0.29) is 5.79 Å². The Labute approximate surface area is 116 Å². The number of aryl methyl sites for hydroxylation is 1. The molecule has 3 atom stereocenters. The number of benzene rings is 1. The molecule has 19 heavy (non-hydrogen) atoms. The molecule has 1 aromatic rings. The molecule has 1 aromatic carbocycles. The van der Waals surface area contributed by atoms with Gasteiger partial charge in [-0.05, 0) is 56.9 Å². The van der Waals surface area contributed by atoms with Gasteiger partial charge in [-0.2, -0.15) is 0 Å². The van der Waals surface area contributed by atoms with E-state index in [4.69, 9.17) is 9.47 Å². The van der Waals surface area contributed by atoms with Crippen LogP contribution in [-0.2, 0) is 15.9 Å². The first-order valence-electron chi connectivity index (χ1n) is 7.50. The van der Waals surface area contributed by atoms with Crippen molar-refractivity contribution in [3.05, 3.63) is 35.9 Å². The predicted octanol–water partition coefficient (Wildman–Crippen LogP) is 3.80. The summed E-state index contributed by atoms with van der Waals surface area (Å²) in [6, 6.07) is 10.8. The minimum Gasteiger partial charge on any atom is -0.348 e. The molecule has 0 aromatic heterocycles. The number of hydrogen-bond acceptors (Lipinski definition) is 2. The largest absolute Gasteiger partial charge is 0.348 e. The van der Waals surface area contributed by atoms with Crippen molar-refractivity contribution in [1.82, 2.24) is 0 Å². The van der Waals surface area contributed by atoms with Gasteiger partial charge >= 0.3 is 0 Å². The molecule has 2 heteroatoms. The zero-order valence-corrected chi connectivity index (χ0v) is 12.0. The Balaban J connectivity index is 1.38. The van der Waals surface area contributed by atoms with Gasteiger partial charge in [0.25, 0.3) is 0 Å². The van der Waals surface area contributed by atoms with Crippen molar-refractivity contribution in [1.29, 1.82) is 0 Å². The lowest BCUT2D eigenvalue weighted by atomic mass is 10.0. The first kappa shape index (κ1) is 13.1. The molecule has 2 fully saturated rings. The number of hydrogen-bond donors (Lipinski definition) is 0. The van der Waals surface area contributed by atoms with Crippen LogP contribution in [0.4, 0.5) is 0 Å². The van der Waals surface area contributed by atoms with Gasteiger partial charge in [0.1, 0.15) is 0 Å². The SMILES string of the molecule is CC1(C)OC[C@H]([C@@H]2C[C@@H]2CCCc2ccccc2)O1. The van der Waals surface area contributed by atoms with Crippen LogP contribution in [0.2, 0.25) is 0 Å². The van der Waals surface area contributed by atoms with Crippen molar-refractivity contribution in [2.45, 2.75) is 51.4 Å². The fourth-order valence-corrected chi connectivity index (χ4v) is 3.20. The molecule has 3 rings (SSSR count). The third-order valence-electron chi connectivity index (χ3n) is 4.37. The Morgan fingerprint density at radius 2 is 2.00 bits per heavy atom. The van der Waals surface area contributed by atoms with Gasteiger partial charge in [-0.1, -0.05) is 30.3 Å². The summed E-state index contributed by atoms with van der Waals surface area (Å²) in [6.45, 7) is 4.81. The standard InChI is InChI=1S/C17H24O2/c1-17(2)18-12-16(19-17)15-11-14(15)10-6-9-13-7-4-3-5-8-13/h3-5,7-8,14-16H,6,9-12H2,1-2H3/t14-,15+,16+/m0/s1. The molecule has 1 saturated heterocycles. The van der Waals surface area contributed by atoms with Gasteiger partial charge in [0.05, 0.1) is 12.7 Å². The molecule has 1 heterocycles. The lowest BCUT2D eigenvalue weighted by molar-refractivity contribution is -0.141. The average Bonchev–Trinajstić information content (AvgIpc) is 3.07. The van der Waals surface area contributed by atoms with Crippen molar-refractivity contribution in [3.8, 4) is 0 Å². The van der Waals surface area contributed by atoms with E-state index in [1.54, 1.807) is 0 Å². The zero-order valence-electron chi connectivity index (χ0n) is 12.0. The zero-order chi connectivity index (χ0) is 13.3. The van der Waals surface area contributed by atoms with Gasteiger partial charge in [-0.25, -0.2) is 0 Å². The summed E-state index contributed by atoms with van der Waals surface area (Å²) in [6.07, 6.45) is 5.51. The number of rotatable bonds is 5. The van der Waals surface area contributed by atoms with Gasteiger partial charge in [0.2, 0.25) is 0 Å². The molecular weight excluding hydrogens is 236 g/mol. The van der Waals surface area contributed by atoms with Crippen LogP contribution < -0.4 is 0 Å². The molecule has 1 saturated carbocycles. The van der Waals surface area contributed by atoms with Crippen molar-refractivity contribution >= 4 is 0 Å². The van der Waals surface area contributed by atoms with Crippen LogP contribution >= 0.6 is 0 Å². The molecule has 0 N–H and O–H groups in total. The smallest absolute Gasteiger partial charge is 0.163 e. The van der Waals surface area contributed by atoms with E-state index < -0.39 is 0 Å². The van der Waals surface area contributed by atoms with Crippen molar-refractivity contribution in [3.63, 3.8) is 0 Å².